The van der Waals surface area contributed by atoms with Gasteiger partial charge in [0.1, 0.15) is 0 Å². The SMILES string of the molecule is C=C(CCOS(=O)(=O)c1ccc(C)cc1)c1ccc(C(=O)OC)cc1. The second-order valence-corrected chi connectivity index (χ2v) is 7.13. The van der Waals surface area contributed by atoms with Crippen molar-refractivity contribution in [1.82, 2.24) is 0 Å². The van der Waals surface area contributed by atoms with Crippen molar-refractivity contribution in [2.24, 2.45) is 0 Å². The summed E-state index contributed by atoms with van der Waals surface area (Å²) in [5, 5.41) is 0. The van der Waals surface area contributed by atoms with Crippen LogP contribution in [0.4, 0.5) is 0 Å². The fraction of sp³-hybridized carbons (Fsp3) is 0.211. The maximum Gasteiger partial charge on any atom is 0.337 e. The van der Waals surface area contributed by atoms with Crippen molar-refractivity contribution in [2.75, 3.05) is 13.7 Å². The molecule has 0 unspecified atom stereocenters. The average molecular weight is 360 g/mol. The maximum absolute atomic E-state index is 12.1. The van der Waals surface area contributed by atoms with Crippen molar-refractivity contribution < 1.29 is 22.1 Å². The summed E-state index contributed by atoms with van der Waals surface area (Å²) in [5.74, 6) is -0.412. The van der Waals surface area contributed by atoms with Crippen molar-refractivity contribution in [3.63, 3.8) is 0 Å². The Bertz CT molecular complexity index is 850. The lowest BCUT2D eigenvalue weighted by Gasteiger charge is -2.09. The van der Waals surface area contributed by atoms with E-state index in [2.05, 4.69) is 11.3 Å². The van der Waals surface area contributed by atoms with E-state index in [4.69, 9.17) is 4.18 Å². The molecule has 5 nitrogen and oxygen atoms in total. The highest BCUT2D eigenvalue weighted by atomic mass is 32.2. The summed E-state index contributed by atoms with van der Waals surface area (Å²) in [4.78, 5) is 11.5. The lowest BCUT2D eigenvalue weighted by molar-refractivity contribution is 0.0600. The summed E-state index contributed by atoms with van der Waals surface area (Å²) in [6.45, 7) is 5.81. The van der Waals surface area contributed by atoms with Crippen LogP contribution < -0.4 is 0 Å². The highest BCUT2D eigenvalue weighted by Crippen LogP contribution is 2.19. The number of hydrogen-bond acceptors (Lipinski definition) is 5. The molecule has 0 atom stereocenters. The fourth-order valence-electron chi connectivity index (χ4n) is 2.15. The molecule has 0 aliphatic rings. The first kappa shape index (κ1) is 18.9. The average Bonchev–Trinajstić information content (AvgIpc) is 2.61. The molecule has 0 radical (unpaired) electrons. The third kappa shape index (κ3) is 5.01. The third-order valence-electron chi connectivity index (χ3n) is 3.67. The minimum atomic E-state index is -3.78. The van der Waals surface area contributed by atoms with E-state index < -0.39 is 16.1 Å². The minimum Gasteiger partial charge on any atom is -0.465 e. The Hall–Kier alpha value is -2.44. The van der Waals surface area contributed by atoms with Crippen LogP contribution in [0.2, 0.25) is 0 Å². The lowest BCUT2D eigenvalue weighted by atomic mass is 10.0. The van der Waals surface area contributed by atoms with Gasteiger partial charge in [0.15, 0.2) is 0 Å². The van der Waals surface area contributed by atoms with Crippen LogP contribution in [0.25, 0.3) is 5.57 Å². The van der Waals surface area contributed by atoms with Crippen LogP contribution in [0, 0.1) is 6.92 Å². The number of carbonyl (C=O) groups excluding carboxylic acids is 1. The number of esters is 1. The van der Waals surface area contributed by atoms with Gasteiger partial charge in [0.05, 0.1) is 24.2 Å². The van der Waals surface area contributed by atoms with Gasteiger partial charge < -0.3 is 4.74 Å². The topological polar surface area (TPSA) is 69.7 Å². The molecule has 0 spiro atoms. The van der Waals surface area contributed by atoms with Crippen molar-refractivity contribution >= 4 is 21.7 Å². The van der Waals surface area contributed by atoms with Crippen molar-refractivity contribution in [1.29, 1.82) is 0 Å². The second kappa shape index (κ2) is 8.09. The molecule has 6 heteroatoms. The van der Waals surface area contributed by atoms with Crippen LogP contribution in [-0.2, 0) is 19.0 Å². The highest BCUT2D eigenvalue weighted by Gasteiger charge is 2.15. The van der Waals surface area contributed by atoms with E-state index in [9.17, 15) is 13.2 Å². The summed E-state index contributed by atoms with van der Waals surface area (Å²) in [6, 6.07) is 13.2. The molecule has 0 aliphatic heterocycles. The van der Waals surface area contributed by atoms with E-state index >= 15 is 0 Å². The van der Waals surface area contributed by atoms with Gasteiger partial charge in [0.2, 0.25) is 0 Å². The number of ether oxygens (including phenoxy) is 1. The Morgan fingerprint density at radius 3 is 2.12 bits per heavy atom. The Morgan fingerprint density at radius 1 is 1.00 bits per heavy atom. The van der Waals surface area contributed by atoms with Gasteiger partial charge in [-0.15, -0.1) is 0 Å². The van der Waals surface area contributed by atoms with Gasteiger partial charge >= 0.3 is 5.97 Å². The Labute approximate surface area is 148 Å². The third-order valence-corrected chi connectivity index (χ3v) is 4.99. The number of hydrogen-bond donors (Lipinski definition) is 0. The molecule has 0 N–H and O–H groups in total. The Kier molecular flexibility index (Phi) is 6.12. The van der Waals surface area contributed by atoms with Gasteiger partial charge in [-0.3, -0.25) is 4.18 Å². The van der Waals surface area contributed by atoms with E-state index in [1.165, 1.54) is 19.2 Å². The van der Waals surface area contributed by atoms with Crippen LogP contribution in [0.15, 0.2) is 60.0 Å². The van der Waals surface area contributed by atoms with Gasteiger partial charge in [-0.2, -0.15) is 8.42 Å². The van der Waals surface area contributed by atoms with E-state index in [0.29, 0.717) is 12.0 Å². The second-order valence-electron chi connectivity index (χ2n) is 5.51. The fourth-order valence-corrected chi connectivity index (χ4v) is 3.06. The molecule has 0 saturated carbocycles. The molecule has 25 heavy (non-hydrogen) atoms. The molecule has 2 rings (SSSR count). The van der Waals surface area contributed by atoms with Crippen LogP contribution in [0.1, 0.15) is 27.9 Å². The van der Waals surface area contributed by atoms with Gasteiger partial charge in [-0.05, 0) is 48.7 Å². The Balaban J connectivity index is 1.93. The molecular formula is C19H20O5S. The predicted octanol–water partition coefficient (Wildman–Crippen LogP) is 3.59. The van der Waals surface area contributed by atoms with Crippen molar-refractivity contribution in [3.05, 3.63) is 71.8 Å². The van der Waals surface area contributed by atoms with E-state index in [0.717, 1.165) is 16.7 Å². The summed E-state index contributed by atoms with van der Waals surface area (Å²) in [7, 11) is -2.46. The zero-order valence-corrected chi connectivity index (χ0v) is 15.0. The Morgan fingerprint density at radius 2 is 1.56 bits per heavy atom. The van der Waals surface area contributed by atoms with Crippen molar-refractivity contribution in [2.45, 2.75) is 18.2 Å². The molecule has 0 bridgehead atoms. The zero-order valence-electron chi connectivity index (χ0n) is 14.2. The number of benzene rings is 2. The largest absolute Gasteiger partial charge is 0.465 e. The van der Waals surface area contributed by atoms with Crippen LogP contribution in [-0.4, -0.2) is 28.1 Å². The van der Waals surface area contributed by atoms with Crippen LogP contribution >= 0.6 is 0 Å². The maximum atomic E-state index is 12.1. The molecular weight excluding hydrogens is 340 g/mol. The number of methoxy groups -OCH3 is 1. The molecule has 2 aromatic carbocycles. The van der Waals surface area contributed by atoms with Gasteiger partial charge in [-0.25, -0.2) is 4.79 Å². The van der Waals surface area contributed by atoms with Gasteiger partial charge in [0.25, 0.3) is 10.1 Å². The first-order chi connectivity index (χ1) is 11.8. The number of aryl methyl sites for hydroxylation is 1. The van der Waals surface area contributed by atoms with Crippen LogP contribution in [0.3, 0.4) is 0 Å². The molecule has 0 fully saturated rings. The molecule has 2 aromatic rings. The molecule has 132 valence electrons. The first-order valence-electron chi connectivity index (χ1n) is 7.66. The molecule has 0 heterocycles. The quantitative estimate of drug-likeness (QED) is 0.557. The van der Waals surface area contributed by atoms with E-state index in [1.807, 2.05) is 6.92 Å². The molecule has 0 aromatic heterocycles. The van der Waals surface area contributed by atoms with E-state index in [1.54, 1.807) is 36.4 Å². The smallest absolute Gasteiger partial charge is 0.337 e. The zero-order chi connectivity index (χ0) is 18.4. The molecule has 0 amide bonds. The van der Waals surface area contributed by atoms with Gasteiger partial charge in [0, 0.05) is 0 Å². The van der Waals surface area contributed by atoms with E-state index in [-0.39, 0.29) is 11.5 Å². The summed E-state index contributed by atoms with van der Waals surface area (Å²) in [6.07, 6.45) is 0.350. The highest BCUT2D eigenvalue weighted by molar-refractivity contribution is 7.86. The summed E-state index contributed by atoms with van der Waals surface area (Å²) < 4.78 is 33.9. The van der Waals surface area contributed by atoms with Crippen molar-refractivity contribution in [3.8, 4) is 0 Å². The predicted molar refractivity (Wildman–Crippen MR) is 95.7 cm³/mol. The first-order valence-corrected chi connectivity index (χ1v) is 9.07. The number of carbonyl (C=O) groups is 1. The summed E-state index contributed by atoms with van der Waals surface area (Å²) in [5.41, 5.74) is 2.94. The lowest BCUT2D eigenvalue weighted by Crippen LogP contribution is -2.08. The standard InChI is InChI=1S/C19H20O5S/c1-14-4-10-18(11-5-14)25(21,22)24-13-12-15(2)16-6-8-17(9-7-16)19(20)23-3/h4-11H,2,12-13H2,1,3H3. The van der Waals surface area contributed by atoms with Crippen LogP contribution in [0.5, 0.6) is 0 Å². The number of rotatable bonds is 7. The molecule has 0 saturated heterocycles. The molecule has 0 aliphatic carbocycles. The normalized spacial score (nSPS) is 11.1. The minimum absolute atomic E-state index is 0.00615. The monoisotopic (exact) mass is 360 g/mol. The van der Waals surface area contributed by atoms with Gasteiger partial charge in [-0.1, -0.05) is 36.4 Å². The summed E-state index contributed by atoms with van der Waals surface area (Å²) >= 11 is 0.